The molecule has 8 aromatic rings. The molecule has 4 heteroatoms. The highest BCUT2D eigenvalue weighted by Crippen LogP contribution is 2.45. The van der Waals surface area contributed by atoms with Crippen LogP contribution < -0.4 is 0 Å². The Kier molecular flexibility index (Phi) is 5.22. The zero-order chi connectivity index (χ0) is 28.2. The van der Waals surface area contributed by atoms with Gasteiger partial charge >= 0.3 is 0 Å². The van der Waals surface area contributed by atoms with E-state index in [0.717, 1.165) is 60.5 Å². The third kappa shape index (κ3) is 3.27. The Balaban J connectivity index is 1.65. The van der Waals surface area contributed by atoms with E-state index in [1.807, 2.05) is 18.2 Å². The van der Waals surface area contributed by atoms with E-state index in [2.05, 4.69) is 118 Å². The van der Waals surface area contributed by atoms with E-state index in [4.69, 9.17) is 0 Å². The molecule has 42 heavy (non-hydrogen) atoms. The predicted molar refractivity (Wildman–Crippen MR) is 170 cm³/mol. The molecule has 0 unspecified atom stereocenters. The van der Waals surface area contributed by atoms with Crippen molar-refractivity contribution in [2.45, 2.75) is 0 Å². The smallest absolute Gasteiger partial charge is 0.0998 e. The summed E-state index contributed by atoms with van der Waals surface area (Å²) in [7, 11) is 0. The molecule has 4 nitrogen and oxygen atoms in total. The molecule has 6 aromatic carbocycles. The number of nitriles is 2. The molecule has 0 aliphatic heterocycles. The first-order valence-corrected chi connectivity index (χ1v) is 13.8. The minimum absolute atomic E-state index is 0.472. The van der Waals surface area contributed by atoms with E-state index in [9.17, 15) is 10.5 Å². The zero-order valence-electron chi connectivity index (χ0n) is 22.5. The van der Waals surface area contributed by atoms with E-state index in [1.165, 1.54) is 0 Å². The summed E-state index contributed by atoms with van der Waals surface area (Å²) < 4.78 is 4.55. The zero-order valence-corrected chi connectivity index (χ0v) is 22.5. The van der Waals surface area contributed by atoms with Crippen LogP contribution >= 0.6 is 0 Å². The fourth-order valence-electron chi connectivity index (χ4n) is 6.53. The second-order valence-electron chi connectivity index (χ2n) is 10.4. The van der Waals surface area contributed by atoms with Crippen LogP contribution in [0.1, 0.15) is 11.1 Å². The van der Waals surface area contributed by atoms with Crippen molar-refractivity contribution in [3.8, 4) is 34.6 Å². The van der Waals surface area contributed by atoms with Gasteiger partial charge in [-0.15, -0.1) is 0 Å². The lowest BCUT2D eigenvalue weighted by Gasteiger charge is -2.18. The van der Waals surface area contributed by atoms with Crippen LogP contribution in [-0.4, -0.2) is 9.13 Å². The summed E-state index contributed by atoms with van der Waals surface area (Å²) in [5.41, 5.74) is 8.66. The minimum atomic E-state index is 0.472. The van der Waals surface area contributed by atoms with E-state index < -0.39 is 0 Å². The molecule has 0 spiro atoms. The lowest BCUT2D eigenvalue weighted by molar-refractivity contribution is 1.17. The van der Waals surface area contributed by atoms with Crippen molar-refractivity contribution >= 4 is 43.6 Å². The Morgan fingerprint density at radius 2 is 0.929 bits per heavy atom. The van der Waals surface area contributed by atoms with Crippen LogP contribution in [0.2, 0.25) is 0 Å². The molecular formula is C38H22N4. The van der Waals surface area contributed by atoms with Crippen LogP contribution in [0.4, 0.5) is 0 Å². The molecule has 0 aliphatic rings. The van der Waals surface area contributed by atoms with Crippen molar-refractivity contribution in [1.82, 2.24) is 9.13 Å². The van der Waals surface area contributed by atoms with Gasteiger partial charge in [0.1, 0.15) is 0 Å². The van der Waals surface area contributed by atoms with Crippen LogP contribution in [0.15, 0.2) is 133 Å². The van der Waals surface area contributed by atoms with Gasteiger partial charge in [-0.1, -0.05) is 78.9 Å². The molecule has 0 saturated heterocycles. The highest BCUT2D eigenvalue weighted by molar-refractivity contribution is 6.19. The monoisotopic (exact) mass is 534 g/mol. The van der Waals surface area contributed by atoms with E-state index in [1.54, 1.807) is 18.2 Å². The topological polar surface area (TPSA) is 57.4 Å². The number of benzene rings is 6. The molecule has 2 heterocycles. The SMILES string of the molecule is N#Cc1cccc(C#N)c1-c1c(-n2c3ccccc3c3ccccc32)ccc2c1c1ccccc1n2-c1ccccc1. The molecule has 8 rings (SSSR count). The number of nitrogens with zero attached hydrogens (tertiary/aromatic N) is 4. The van der Waals surface area contributed by atoms with Gasteiger partial charge in [-0.25, -0.2) is 0 Å². The fraction of sp³-hybridized carbons (Fsp3) is 0. The van der Waals surface area contributed by atoms with E-state index >= 15 is 0 Å². The molecule has 2 aromatic heterocycles. The highest BCUT2D eigenvalue weighted by Gasteiger charge is 2.25. The number of para-hydroxylation sites is 4. The first kappa shape index (κ1) is 23.8. The lowest BCUT2D eigenvalue weighted by atomic mass is 9.90. The van der Waals surface area contributed by atoms with Gasteiger partial charge < -0.3 is 9.13 Å². The largest absolute Gasteiger partial charge is 0.309 e. The third-order valence-electron chi connectivity index (χ3n) is 8.21. The molecule has 0 bridgehead atoms. The molecular weight excluding hydrogens is 512 g/mol. The van der Waals surface area contributed by atoms with Gasteiger partial charge in [-0.2, -0.15) is 10.5 Å². The van der Waals surface area contributed by atoms with Crippen molar-refractivity contribution in [3.05, 3.63) is 145 Å². The first-order valence-electron chi connectivity index (χ1n) is 13.8. The Bertz CT molecular complexity index is 2340. The maximum Gasteiger partial charge on any atom is 0.0998 e. The fourth-order valence-corrected chi connectivity index (χ4v) is 6.53. The number of rotatable bonds is 3. The Morgan fingerprint density at radius 1 is 0.405 bits per heavy atom. The molecule has 0 fully saturated rings. The van der Waals surface area contributed by atoms with Crippen LogP contribution in [0.25, 0.3) is 66.1 Å². The van der Waals surface area contributed by atoms with Gasteiger partial charge in [0, 0.05) is 38.4 Å². The summed E-state index contributed by atoms with van der Waals surface area (Å²) in [6, 6.07) is 50.0. The minimum Gasteiger partial charge on any atom is -0.309 e. The third-order valence-corrected chi connectivity index (χ3v) is 8.21. The van der Waals surface area contributed by atoms with E-state index in [-0.39, 0.29) is 0 Å². The first-order chi connectivity index (χ1) is 20.8. The summed E-state index contributed by atoms with van der Waals surface area (Å²) in [4.78, 5) is 0. The highest BCUT2D eigenvalue weighted by atomic mass is 15.0. The van der Waals surface area contributed by atoms with Gasteiger partial charge in [-0.05, 0) is 54.6 Å². The standard InChI is InChI=1S/C38H22N4/c39-23-25-11-10-12-26(24-40)36(25)38-35(42-31-18-7-4-15-28(31)29-16-5-8-19-32(29)42)22-21-34-37(38)30-17-6-9-20-33(30)41(34)27-13-2-1-3-14-27/h1-22H. The summed E-state index contributed by atoms with van der Waals surface area (Å²) >= 11 is 0. The van der Waals surface area contributed by atoms with Crippen LogP contribution in [0.5, 0.6) is 0 Å². The normalized spacial score (nSPS) is 11.3. The van der Waals surface area contributed by atoms with Crippen LogP contribution in [0, 0.1) is 22.7 Å². The van der Waals surface area contributed by atoms with Crippen molar-refractivity contribution in [3.63, 3.8) is 0 Å². The lowest BCUT2D eigenvalue weighted by Crippen LogP contribution is -2.01. The second-order valence-corrected chi connectivity index (χ2v) is 10.4. The van der Waals surface area contributed by atoms with Gasteiger partial charge in [0.25, 0.3) is 0 Å². The van der Waals surface area contributed by atoms with Gasteiger partial charge in [0.2, 0.25) is 0 Å². The maximum absolute atomic E-state index is 10.4. The summed E-state index contributed by atoms with van der Waals surface area (Å²) in [5.74, 6) is 0. The Morgan fingerprint density at radius 3 is 1.52 bits per heavy atom. The average molecular weight is 535 g/mol. The number of aromatic nitrogens is 2. The van der Waals surface area contributed by atoms with E-state index in [0.29, 0.717) is 16.7 Å². The molecule has 0 N–H and O–H groups in total. The summed E-state index contributed by atoms with van der Waals surface area (Å²) in [6.45, 7) is 0. The molecule has 194 valence electrons. The number of hydrogen-bond acceptors (Lipinski definition) is 2. The van der Waals surface area contributed by atoms with Gasteiger partial charge in [0.05, 0.1) is 51.0 Å². The second kappa shape index (κ2) is 9.24. The molecule has 0 atom stereocenters. The number of hydrogen-bond donors (Lipinski definition) is 0. The molecule has 0 radical (unpaired) electrons. The van der Waals surface area contributed by atoms with Gasteiger partial charge in [0.15, 0.2) is 0 Å². The van der Waals surface area contributed by atoms with Crippen molar-refractivity contribution in [2.24, 2.45) is 0 Å². The van der Waals surface area contributed by atoms with Crippen molar-refractivity contribution in [1.29, 1.82) is 10.5 Å². The molecule has 0 saturated carbocycles. The maximum atomic E-state index is 10.4. The van der Waals surface area contributed by atoms with Crippen molar-refractivity contribution in [2.75, 3.05) is 0 Å². The molecule has 0 amide bonds. The quantitative estimate of drug-likeness (QED) is 0.227. The van der Waals surface area contributed by atoms with Crippen molar-refractivity contribution < 1.29 is 0 Å². The Labute approximate surface area is 242 Å². The summed E-state index contributed by atoms with van der Waals surface area (Å²) in [6.07, 6.45) is 0. The van der Waals surface area contributed by atoms with Crippen LogP contribution in [0.3, 0.4) is 0 Å². The van der Waals surface area contributed by atoms with Gasteiger partial charge in [-0.3, -0.25) is 0 Å². The number of fused-ring (bicyclic) bond motifs is 6. The predicted octanol–water partition coefficient (Wildman–Crippen LogP) is 9.29. The summed E-state index contributed by atoms with van der Waals surface area (Å²) in [5, 5.41) is 25.1. The van der Waals surface area contributed by atoms with Crippen LogP contribution in [-0.2, 0) is 0 Å². The molecule has 0 aliphatic carbocycles. The Hall–Kier alpha value is -6.10. The average Bonchev–Trinajstić information content (AvgIpc) is 3.57.